The third-order valence-corrected chi connectivity index (χ3v) is 4.99. The predicted octanol–water partition coefficient (Wildman–Crippen LogP) is 3.49. The second-order valence-corrected chi connectivity index (χ2v) is 6.24. The number of ether oxygens (including phenoxy) is 1. The second-order valence-electron chi connectivity index (χ2n) is 5.27. The Morgan fingerprint density at radius 2 is 2.14 bits per heavy atom. The Morgan fingerprint density at radius 1 is 1.27 bits per heavy atom. The van der Waals surface area contributed by atoms with Crippen LogP contribution in [0.3, 0.4) is 0 Å². The van der Waals surface area contributed by atoms with Gasteiger partial charge in [-0.15, -0.1) is 11.3 Å². The average Bonchev–Trinajstić information content (AvgIpc) is 3.25. The Labute approximate surface area is 132 Å². The molecule has 0 amide bonds. The number of methoxy groups -OCH3 is 1. The Bertz CT molecular complexity index is 751. The summed E-state index contributed by atoms with van der Waals surface area (Å²) in [6.45, 7) is 0. The number of nitrogens with zero attached hydrogens (tertiary/aromatic N) is 3. The maximum absolute atomic E-state index is 5.24. The lowest BCUT2D eigenvalue weighted by Crippen LogP contribution is -2.27. The minimum Gasteiger partial charge on any atom is -0.497 e. The van der Waals surface area contributed by atoms with Gasteiger partial charge in [0.2, 0.25) is 5.95 Å². The van der Waals surface area contributed by atoms with Crippen LogP contribution in [0.5, 0.6) is 5.75 Å². The van der Waals surface area contributed by atoms with E-state index in [1.165, 1.54) is 10.4 Å². The monoisotopic (exact) mass is 312 g/mol. The molecular weight excluding hydrogens is 296 g/mol. The van der Waals surface area contributed by atoms with Gasteiger partial charge in [0.25, 0.3) is 0 Å². The van der Waals surface area contributed by atoms with Crippen LogP contribution >= 0.6 is 11.3 Å². The summed E-state index contributed by atoms with van der Waals surface area (Å²) < 4.78 is 7.21. The van der Waals surface area contributed by atoms with Crippen molar-refractivity contribution in [2.45, 2.75) is 18.5 Å². The summed E-state index contributed by atoms with van der Waals surface area (Å²) in [6, 6.07) is 12.9. The van der Waals surface area contributed by atoms with E-state index in [0.717, 1.165) is 18.1 Å². The van der Waals surface area contributed by atoms with Gasteiger partial charge < -0.3 is 10.1 Å². The molecule has 1 aliphatic heterocycles. The maximum atomic E-state index is 5.24. The summed E-state index contributed by atoms with van der Waals surface area (Å²) in [4.78, 5) is 5.66. The molecule has 22 heavy (non-hydrogen) atoms. The third-order valence-electron chi connectivity index (χ3n) is 4.02. The van der Waals surface area contributed by atoms with Crippen molar-refractivity contribution in [2.75, 3.05) is 12.4 Å². The van der Waals surface area contributed by atoms with Crippen molar-refractivity contribution in [3.63, 3.8) is 0 Å². The number of hydrogen-bond donors (Lipinski definition) is 1. The lowest BCUT2D eigenvalue weighted by atomic mass is 9.97. The highest BCUT2D eigenvalue weighted by atomic mass is 32.1. The number of hydrogen-bond acceptors (Lipinski definition) is 5. The van der Waals surface area contributed by atoms with Gasteiger partial charge in [-0.05, 0) is 35.6 Å². The Balaban J connectivity index is 1.68. The summed E-state index contributed by atoms with van der Waals surface area (Å²) in [6.07, 6.45) is 2.56. The van der Waals surface area contributed by atoms with Crippen molar-refractivity contribution >= 4 is 17.3 Å². The summed E-state index contributed by atoms with van der Waals surface area (Å²) in [5.74, 6) is 1.70. The molecule has 0 unspecified atom stereocenters. The van der Waals surface area contributed by atoms with Crippen LogP contribution in [0.25, 0.3) is 0 Å². The molecule has 0 fully saturated rings. The summed E-state index contributed by atoms with van der Waals surface area (Å²) in [5, 5.41) is 9.96. The molecule has 5 nitrogen and oxygen atoms in total. The first kappa shape index (κ1) is 13.3. The van der Waals surface area contributed by atoms with E-state index in [-0.39, 0.29) is 12.1 Å². The van der Waals surface area contributed by atoms with Crippen LogP contribution in [0, 0.1) is 0 Å². The first-order valence-corrected chi connectivity index (χ1v) is 8.06. The zero-order valence-electron chi connectivity index (χ0n) is 12.1. The predicted molar refractivity (Wildman–Crippen MR) is 86.5 cm³/mol. The Hall–Kier alpha value is -2.34. The van der Waals surface area contributed by atoms with Gasteiger partial charge in [0, 0.05) is 4.88 Å². The van der Waals surface area contributed by atoms with Gasteiger partial charge in [-0.3, -0.25) is 0 Å². The third kappa shape index (κ3) is 2.25. The molecule has 3 heterocycles. The van der Waals surface area contributed by atoms with E-state index in [0.29, 0.717) is 0 Å². The van der Waals surface area contributed by atoms with Crippen molar-refractivity contribution in [3.05, 3.63) is 58.5 Å². The van der Waals surface area contributed by atoms with Crippen molar-refractivity contribution in [1.82, 2.24) is 14.8 Å². The first-order chi connectivity index (χ1) is 10.8. The van der Waals surface area contributed by atoms with Gasteiger partial charge in [0.1, 0.15) is 12.1 Å². The van der Waals surface area contributed by atoms with E-state index in [1.54, 1.807) is 24.8 Å². The van der Waals surface area contributed by atoms with Crippen molar-refractivity contribution < 1.29 is 4.74 Å². The van der Waals surface area contributed by atoms with Gasteiger partial charge in [-0.25, -0.2) is 4.68 Å². The highest BCUT2D eigenvalue weighted by molar-refractivity contribution is 7.10. The minimum atomic E-state index is 0.217. The van der Waals surface area contributed by atoms with Crippen LogP contribution in [-0.2, 0) is 0 Å². The Kier molecular flexibility index (Phi) is 3.31. The number of nitrogens with one attached hydrogen (secondary N) is 1. The molecule has 0 saturated heterocycles. The van der Waals surface area contributed by atoms with Crippen molar-refractivity contribution in [1.29, 1.82) is 0 Å². The number of benzene rings is 1. The van der Waals surface area contributed by atoms with Crippen molar-refractivity contribution in [2.24, 2.45) is 0 Å². The minimum absolute atomic E-state index is 0.217. The molecule has 4 rings (SSSR count). The molecular formula is C16H16N4OS. The van der Waals surface area contributed by atoms with Gasteiger partial charge in [-0.1, -0.05) is 18.2 Å². The second kappa shape index (κ2) is 5.46. The van der Waals surface area contributed by atoms with E-state index in [2.05, 4.69) is 45.0 Å². The van der Waals surface area contributed by atoms with E-state index >= 15 is 0 Å². The molecule has 1 aromatic carbocycles. The molecule has 0 saturated carbocycles. The van der Waals surface area contributed by atoms with Crippen LogP contribution in [0.1, 0.15) is 28.9 Å². The molecule has 112 valence electrons. The van der Waals surface area contributed by atoms with Crippen LogP contribution < -0.4 is 10.1 Å². The first-order valence-electron chi connectivity index (χ1n) is 7.18. The zero-order chi connectivity index (χ0) is 14.9. The molecule has 0 radical (unpaired) electrons. The molecule has 3 aromatic rings. The van der Waals surface area contributed by atoms with Gasteiger partial charge in [-0.2, -0.15) is 10.1 Å². The van der Waals surface area contributed by atoms with Gasteiger partial charge in [0.05, 0.1) is 19.2 Å². The quantitative estimate of drug-likeness (QED) is 0.804. The molecule has 0 aliphatic carbocycles. The van der Waals surface area contributed by atoms with E-state index in [4.69, 9.17) is 4.74 Å². The standard InChI is InChI=1S/C16H16N4OS/c1-21-12-6-4-11(5-7-12)13-9-14(15-3-2-8-22-15)20-16(19-13)17-10-18-20/h2-8,10,13-14H,9H2,1H3,(H,17,18,19)/t13-,14+/m0/s1. The zero-order valence-corrected chi connectivity index (χ0v) is 13.0. The molecule has 0 bridgehead atoms. The van der Waals surface area contributed by atoms with Crippen LogP contribution in [0.2, 0.25) is 0 Å². The lowest BCUT2D eigenvalue weighted by molar-refractivity contribution is 0.413. The smallest absolute Gasteiger partial charge is 0.222 e. The van der Waals surface area contributed by atoms with Crippen LogP contribution in [-0.4, -0.2) is 21.9 Å². The normalized spacial score (nSPS) is 20.2. The van der Waals surface area contributed by atoms with Gasteiger partial charge >= 0.3 is 0 Å². The van der Waals surface area contributed by atoms with Gasteiger partial charge in [0.15, 0.2) is 0 Å². The lowest BCUT2D eigenvalue weighted by Gasteiger charge is -2.31. The highest BCUT2D eigenvalue weighted by Gasteiger charge is 2.30. The molecule has 1 aliphatic rings. The largest absolute Gasteiger partial charge is 0.497 e. The Morgan fingerprint density at radius 3 is 2.86 bits per heavy atom. The summed E-state index contributed by atoms with van der Waals surface area (Å²) in [7, 11) is 1.68. The number of thiophene rings is 1. The average molecular weight is 312 g/mol. The number of anilines is 1. The van der Waals surface area contributed by atoms with Crippen LogP contribution in [0.15, 0.2) is 48.1 Å². The molecule has 2 aromatic heterocycles. The molecule has 1 N–H and O–H groups in total. The number of fused-ring (bicyclic) bond motifs is 1. The fourth-order valence-corrected chi connectivity index (χ4v) is 3.72. The highest BCUT2D eigenvalue weighted by Crippen LogP contribution is 2.38. The molecule has 0 spiro atoms. The van der Waals surface area contributed by atoms with E-state index in [9.17, 15) is 0 Å². The summed E-state index contributed by atoms with van der Waals surface area (Å²) >= 11 is 1.76. The molecule has 2 atom stereocenters. The summed E-state index contributed by atoms with van der Waals surface area (Å²) in [5.41, 5.74) is 1.23. The van der Waals surface area contributed by atoms with Crippen molar-refractivity contribution in [3.8, 4) is 5.75 Å². The molecule has 6 heteroatoms. The fraction of sp³-hybridized carbons (Fsp3) is 0.250. The topological polar surface area (TPSA) is 52.0 Å². The van der Waals surface area contributed by atoms with E-state index < -0.39 is 0 Å². The fourth-order valence-electron chi connectivity index (χ4n) is 2.89. The van der Waals surface area contributed by atoms with Crippen LogP contribution in [0.4, 0.5) is 5.95 Å². The number of aromatic nitrogens is 3. The van der Waals surface area contributed by atoms with E-state index in [1.807, 2.05) is 16.8 Å². The SMILES string of the molecule is COc1ccc([C@@H]2C[C@H](c3cccs3)n3ncnc3N2)cc1. The maximum Gasteiger partial charge on any atom is 0.222 e. The number of rotatable bonds is 3.